The summed E-state index contributed by atoms with van der Waals surface area (Å²) in [6, 6.07) is 18.0. The average molecular weight is 431 g/mol. The molecular formula is C24H26N6O2. The van der Waals surface area contributed by atoms with Gasteiger partial charge in [-0.15, -0.1) is 5.10 Å². The Kier molecular flexibility index (Phi) is 5.96. The van der Waals surface area contributed by atoms with Crippen molar-refractivity contribution in [1.82, 2.24) is 24.5 Å². The number of hydrogen-bond acceptors (Lipinski definition) is 5. The summed E-state index contributed by atoms with van der Waals surface area (Å²) in [4.78, 5) is 15.1. The predicted molar refractivity (Wildman–Crippen MR) is 123 cm³/mol. The van der Waals surface area contributed by atoms with Crippen LogP contribution in [0.25, 0.3) is 10.9 Å². The number of nitrogens with zero attached hydrogens (tertiary/aromatic N) is 5. The Morgan fingerprint density at radius 1 is 1.03 bits per heavy atom. The van der Waals surface area contributed by atoms with E-state index in [1.165, 1.54) is 0 Å². The van der Waals surface area contributed by atoms with E-state index in [1.54, 1.807) is 10.9 Å². The number of ether oxygens (including phenoxy) is 1. The Bertz CT molecular complexity index is 1190. The van der Waals surface area contributed by atoms with Crippen LogP contribution in [0.3, 0.4) is 0 Å². The van der Waals surface area contributed by atoms with Crippen LogP contribution in [0.1, 0.15) is 16.1 Å². The van der Waals surface area contributed by atoms with Crippen LogP contribution in [0.15, 0.2) is 67.0 Å². The molecule has 0 spiro atoms. The maximum Gasteiger partial charge on any atom is 0.277 e. The number of rotatable bonds is 7. The number of fused-ring (bicyclic) bond motifs is 1. The molecule has 2 aromatic heterocycles. The highest BCUT2D eigenvalue weighted by Crippen LogP contribution is 2.21. The zero-order chi connectivity index (χ0) is 21.8. The lowest BCUT2D eigenvalue weighted by Gasteiger charge is -2.26. The topological polar surface area (TPSA) is 77.2 Å². The van der Waals surface area contributed by atoms with Crippen molar-refractivity contribution < 1.29 is 9.53 Å². The van der Waals surface area contributed by atoms with Crippen molar-refractivity contribution in [1.29, 1.82) is 0 Å². The van der Waals surface area contributed by atoms with Gasteiger partial charge in [-0.05, 0) is 29.8 Å². The third-order valence-corrected chi connectivity index (χ3v) is 5.75. The molecule has 1 aliphatic rings. The molecule has 1 amide bonds. The smallest absolute Gasteiger partial charge is 0.277 e. The molecule has 1 N–H and O–H groups in total. The fraction of sp³-hybridized carbons (Fsp3) is 0.292. The van der Waals surface area contributed by atoms with Crippen molar-refractivity contribution in [3.05, 3.63) is 78.2 Å². The molecule has 0 unspecified atom stereocenters. The summed E-state index contributed by atoms with van der Waals surface area (Å²) >= 11 is 0. The van der Waals surface area contributed by atoms with Crippen LogP contribution in [-0.2, 0) is 17.8 Å². The van der Waals surface area contributed by atoms with Crippen LogP contribution < -0.4 is 5.32 Å². The number of morpholine rings is 1. The van der Waals surface area contributed by atoms with Crippen LogP contribution in [0.5, 0.6) is 0 Å². The molecule has 1 fully saturated rings. The van der Waals surface area contributed by atoms with Crippen LogP contribution in [0, 0.1) is 0 Å². The van der Waals surface area contributed by atoms with Crippen molar-refractivity contribution in [2.45, 2.75) is 13.1 Å². The molecular weight excluding hydrogens is 404 g/mol. The molecule has 164 valence electrons. The van der Waals surface area contributed by atoms with E-state index >= 15 is 0 Å². The number of aromatic nitrogens is 4. The molecule has 1 aliphatic heterocycles. The lowest BCUT2D eigenvalue weighted by Crippen LogP contribution is -2.38. The lowest BCUT2D eigenvalue weighted by atomic mass is 10.2. The van der Waals surface area contributed by atoms with Crippen LogP contribution >= 0.6 is 0 Å². The van der Waals surface area contributed by atoms with Crippen LogP contribution in [0.2, 0.25) is 0 Å². The van der Waals surface area contributed by atoms with Gasteiger partial charge < -0.3 is 14.6 Å². The molecule has 8 heteroatoms. The summed E-state index contributed by atoms with van der Waals surface area (Å²) in [6.07, 6.45) is 3.77. The Hall–Kier alpha value is -3.49. The summed E-state index contributed by atoms with van der Waals surface area (Å²) in [6.45, 7) is 6.12. The first kappa shape index (κ1) is 20.4. The van der Waals surface area contributed by atoms with Gasteiger partial charge in [0.15, 0.2) is 5.69 Å². The van der Waals surface area contributed by atoms with Gasteiger partial charge in [-0.25, -0.2) is 4.68 Å². The largest absolute Gasteiger partial charge is 0.379 e. The normalized spacial score (nSPS) is 14.6. The predicted octanol–water partition coefficient (Wildman–Crippen LogP) is 2.87. The second kappa shape index (κ2) is 9.33. The first-order valence-electron chi connectivity index (χ1n) is 10.9. The minimum atomic E-state index is -0.268. The lowest BCUT2D eigenvalue weighted by molar-refractivity contribution is 0.0365. The fourth-order valence-electron chi connectivity index (χ4n) is 3.99. The minimum Gasteiger partial charge on any atom is -0.379 e. The molecule has 3 heterocycles. The second-order valence-corrected chi connectivity index (χ2v) is 7.98. The maximum atomic E-state index is 12.7. The van der Waals surface area contributed by atoms with Crippen molar-refractivity contribution >= 4 is 22.5 Å². The van der Waals surface area contributed by atoms with E-state index in [4.69, 9.17) is 4.74 Å². The zero-order valence-corrected chi connectivity index (χ0v) is 17.9. The first-order chi connectivity index (χ1) is 15.7. The van der Waals surface area contributed by atoms with E-state index in [1.807, 2.05) is 42.5 Å². The quantitative estimate of drug-likeness (QED) is 0.488. The SMILES string of the molecule is O=C(Nc1ccc2c(ccn2CCN2CCOCC2)c1)c1cn(Cc2ccccc2)nn1. The molecule has 0 aliphatic carbocycles. The molecule has 2 aromatic carbocycles. The molecule has 32 heavy (non-hydrogen) atoms. The van der Waals surface area contributed by atoms with Crippen LogP contribution in [0.4, 0.5) is 5.69 Å². The Labute approximate surface area is 186 Å². The number of benzene rings is 2. The number of carbonyl (C=O) groups is 1. The number of amides is 1. The molecule has 8 nitrogen and oxygen atoms in total. The molecule has 5 rings (SSSR count). The molecule has 0 atom stereocenters. The first-order valence-corrected chi connectivity index (χ1v) is 10.9. The van der Waals surface area contributed by atoms with Gasteiger partial charge in [-0.2, -0.15) is 0 Å². The Balaban J connectivity index is 1.22. The van der Waals surface area contributed by atoms with Gasteiger partial charge in [0.1, 0.15) is 0 Å². The highest BCUT2D eigenvalue weighted by Gasteiger charge is 2.13. The summed E-state index contributed by atoms with van der Waals surface area (Å²) in [5, 5.41) is 12.1. The summed E-state index contributed by atoms with van der Waals surface area (Å²) in [7, 11) is 0. The van der Waals surface area contributed by atoms with Gasteiger partial charge in [0.05, 0.1) is 26.0 Å². The maximum absolute atomic E-state index is 12.7. The molecule has 0 radical (unpaired) electrons. The van der Waals surface area contributed by atoms with Gasteiger partial charge >= 0.3 is 0 Å². The average Bonchev–Trinajstić information content (AvgIpc) is 3.46. The highest BCUT2D eigenvalue weighted by atomic mass is 16.5. The summed E-state index contributed by atoms with van der Waals surface area (Å²) in [5.74, 6) is -0.268. The van der Waals surface area contributed by atoms with E-state index in [0.717, 1.165) is 61.5 Å². The number of anilines is 1. The Morgan fingerprint density at radius 2 is 1.88 bits per heavy atom. The summed E-state index contributed by atoms with van der Waals surface area (Å²) in [5.41, 5.74) is 3.30. The second-order valence-electron chi connectivity index (χ2n) is 7.98. The van der Waals surface area contributed by atoms with E-state index in [-0.39, 0.29) is 5.91 Å². The van der Waals surface area contributed by atoms with Crippen molar-refractivity contribution in [3.8, 4) is 0 Å². The van der Waals surface area contributed by atoms with Crippen molar-refractivity contribution in [2.75, 3.05) is 38.2 Å². The Morgan fingerprint density at radius 3 is 2.72 bits per heavy atom. The highest BCUT2D eigenvalue weighted by molar-refractivity contribution is 6.03. The minimum absolute atomic E-state index is 0.268. The molecule has 0 bridgehead atoms. The van der Waals surface area contributed by atoms with Gasteiger partial charge in [0, 0.05) is 49.0 Å². The van der Waals surface area contributed by atoms with Crippen molar-refractivity contribution in [2.24, 2.45) is 0 Å². The standard InChI is InChI=1S/C24H26N6O2/c31-24(22-18-30(27-26-22)17-19-4-2-1-3-5-19)25-21-6-7-23-20(16-21)8-9-29(23)11-10-28-12-14-32-15-13-28/h1-9,16,18H,10-15,17H2,(H,25,31). The monoisotopic (exact) mass is 430 g/mol. The zero-order valence-electron chi connectivity index (χ0n) is 17.9. The van der Waals surface area contributed by atoms with Gasteiger partial charge in [0.2, 0.25) is 0 Å². The van der Waals surface area contributed by atoms with Crippen molar-refractivity contribution in [3.63, 3.8) is 0 Å². The molecule has 0 saturated carbocycles. The van der Waals surface area contributed by atoms with E-state index in [2.05, 4.69) is 43.4 Å². The molecule has 1 saturated heterocycles. The van der Waals surface area contributed by atoms with E-state index in [0.29, 0.717) is 12.2 Å². The van der Waals surface area contributed by atoms with Crippen LogP contribution in [-0.4, -0.2) is 63.2 Å². The van der Waals surface area contributed by atoms with Gasteiger partial charge in [-0.3, -0.25) is 9.69 Å². The summed E-state index contributed by atoms with van der Waals surface area (Å²) < 4.78 is 9.34. The van der Waals surface area contributed by atoms with E-state index in [9.17, 15) is 4.79 Å². The van der Waals surface area contributed by atoms with Gasteiger partial charge in [0.25, 0.3) is 5.91 Å². The number of nitrogens with one attached hydrogen (secondary N) is 1. The fourth-order valence-corrected chi connectivity index (χ4v) is 3.99. The molecule has 4 aromatic rings. The number of carbonyl (C=O) groups excluding carboxylic acids is 1. The third-order valence-electron chi connectivity index (χ3n) is 5.75. The number of hydrogen-bond donors (Lipinski definition) is 1. The van der Waals surface area contributed by atoms with Gasteiger partial charge in [-0.1, -0.05) is 35.5 Å². The van der Waals surface area contributed by atoms with E-state index < -0.39 is 0 Å². The third kappa shape index (κ3) is 4.71.